The van der Waals surface area contributed by atoms with E-state index in [2.05, 4.69) is 0 Å². The Morgan fingerprint density at radius 2 is 1.92 bits per heavy atom. The maximum absolute atomic E-state index is 11.8. The van der Waals surface area contributed by atoms with Gasteiger partial charge in [-0.1, -0.05) is 0 Å². The van der Waals surface area contributed by atoms with Gasteiger partial charge < -0.3 is 22.1 Å². The summed E-state index contributed by atoms with van der Waals surface area (Å²) in [5.74, 6) is 0. The van der Waals surface area contributed by atoms with Crippen LogP contribution in [0.15, 0.2) is 17.2 Å². The van der Waals surface area contributed by atoms with E-state index >= 15 is 0 Å². The molecule has 0 aromatic carbocycles. The molecule has 1 heterocycles. The second kappa shape index (κ2) is 4.83. The molecule has 0 atom stereocenters. The van der Waals surface area contributed by atoms with Crippen molar-refractivity contribution in [1.82, 2.24) is 9.13 Å². The van der Waals surface area contributed by atoms with E-state index in [9.17, 15) is 17.7 Å². The molecule has 0 saturated carbocycles. The maximum atomic E-state index is 11.8. The average Bonchev–Trinajstić information content (AvgIpc) is 2.16. The van der Waals surface area contributed by atoms with Gasteiger partial charge >= 0.3 is 64.1 Å². The minimum atomic E-state index is -4.94. The summed E-state index contributed by atoms with van der Waals surface area (Å²) in [7, 11) is 1.40. The Labute approximate surface area is 115 Å². The van der Waals surface area contributed by atoms with E-state index in [1.807, 2.05) is 0 Å². The fourth-order valence-corrected chi connectivity index (χ4v) is 0.873. The van der Waals surface area contributed by atoms with Gasteiger partial charge in [0.2, 0.25) is 0 Å². The average molecular weight is 218 g/mol. The fraction of sp³-hybridized carbons (Fsp3) is 0.400. The first-order valence-electron chi connectivity index (χ1n) is 3.33. The molecule has 0 amide bonds. The SMILES string of the molecule is Cn1ccn(C[B-](F)(F)F)c1=O.[K+]. The molecule has 1 aromatic heterocycles. The van der Waals surface area contributed by atoms with Crippen LogP contribution in [-0.4, -0.2) is 16.1 Å². The second-order valence-corrected chi connectivity index (χ2v) is 2.55. The van der Waals surface area contributed by atoms with Crippen LogP contribution in [0.25, 0.3) is 0 Å². The topological polar surface area (TPSA) is 26.9 Å². The van der Waals surface area contributed by atoms with Crippen LogP contribution in [0, 0.1) is 0 Å². The molecule has 0 radical (unpaired) electrons. The van der Waals surface area contributed by atoms with E-state index in [-0.39, 0.29) is 51.4 Å². The smallest absolute Gasteiger partial charge is 0.448 e. The minimum Gasteiger partial charge on any atom is -0.448 e. The standard InChI is InChI=1S/C5H7BF3N2O.K/c1-10-2-3-11(5(10)12)4-6(7,8)9;/h2-3H,4H2,1H3;/q-1;+1. The van der Waals surface area contributed by atoms with Gasteiger partial charge in [-0.25, -0.2) is 4.79 Å². The molecule has 0 aliphatic heterocycles. The Bertz CT molecular complexity index is 331. The van der Waals surface area contributed by atoms with Gasteiger partial charge in [-0.15, -0.1) is 0 Å². The van der Waals surface area contributed by atoms with E-state index in [1.54, 1.807) is 0 Å². The van der Waals surface area contributed by atoms with Crippen molar-refractivity contribution in [2.45, 2.75) is 6.44 Å². The van der Waals surface area contributed by atoms with E-state index in [4.69, 9.17) is 0 Å². The third-order valence-corrected chi connectivity index (χ3v) is 1.42. The van der Waals surface area contributed by atoms with Gasteiger partial charge in [0.1, 0.15) is 0 Å². The first kappa shape index (κ1) is 13.5. The van der Waals surface area contributed by atoms with Gasteiger partial charge in [0.15, 0.2) is 0 Å². The Balaban J connectivity index is 0.00000144. The summed E-state index contributed by atoms with van der Waals surface area (Å²) >= 11 is 0. The number of hydrogen-bond acceptors (Lipinski definition) is 1. The van der Waals surface area contributed by atoms with Crippen molar-refractivity contribution >= 4 is 6.98 Å². The van der Waals surface area contributed by atoms with Crippen LogP contribution in [0.4, 0.5) is 12.9 Å². The first-order chi connectivity index (χ1) is 5.40. The summed E-state index contributed by atoms with van der Waals surface area (Å²) in [6.07, 6.45) is 1.25. The largest absolute Gasteiger partial charge is 1.00 e. The quantitative estimate of drug-likeness (QED) is 0.507. The molecule has 68 valence electrons. The van der Waals surface area contributed by atoms with Crippen LogP contribution in [0.2, 0.25) is 0 Å². The molecule has 0 unspecified atom stereocenters. The Hall–Kier alpha value is 0.501. The number of aromatic nitrogens is 2. The Morgan fingerprint density at radius 1 is 1.38 bits per heavy atom. The summed E-state index contributed by atoms with van der Waals surface area (Å²) in [6.45, 7) is -4.94. The molecule has 0 aliphatic carbocycles. The van der Waals surface area contributed by atoms with Crippen molar-refractivity contribution in [2.75, 3.05) is 0 Å². The number of halogens is 3. The predicted molar refractivity (Wildman–Crippen MR) is 38.8 cm³/mol. The van der Waals surface area contributed by atoms with Crippen molar-refractivity contribution in [2.24, 2.45) is 7.05 Å². The molecule has 0 spiro atoms. The van der Waals surface area contributed by atoms with Crippen molar-refractivity contribution in [3.8, 4) is 0 Å². The van der Waals surface area contributed by atoms with Crippen molar-refractivity contribution < 1.29 is 64.3 Å². The summed E-state index contributed by atoms with van der Waals surface area (Å²) < 4.78 is 37.2. The van der Waals surface area contributed by atoms with E-state index in [0.29, 0.717) is 4.57 Å². The summed E-state index contributed by atoms with van der Waals surface area (Å²) in [6, 6.07) is 0. The summed E-state index contributed by atoms with van der Waals surface area (Å²) in [4.78, 5) is 10.9. The zero-order chi connectivity index (χ0) is 9.35. The molecule has 1 aromatic rings. The molecule has 1 rings (SSSR count). The molecule has 0 N–H and O–H groups in total. The third-order valence-electron chi connectivity index (χ3n) is 1.42. The van der Waals surface area contributed by atoms with Gasteiger partial charge in [-0.3, -0.25) is 0 Å². The van der Waals surface area contributed by atoms with E-state index in [1.165, 1.54) is 13.2 Å². The zero-order valence-corrected chi connectivity index (χ0v) is 10.5. The zero-order valence-electron chi connectivity index (χ0n) is 7.38. The first-order valence-corrected chi connectivity index (χ1v) is 3.33. The fourth-order valence-electron chi connectivity index (χ4n) is 0.873. The monoisotopic (exact) mass is 218 g/mol. The van der Waals surface area contributed by atoms with E-state index < -0.39 is 19.1 Å². The Morgan fingerprint density at radius 3 is 2.23 bits per heavy atom. The van der Waals surface area contributed by atoms with Crippen LogP contribution in [-0.2, 0) is 13.5 Å². The maximum Gasteiger partial charge on any atom is 1.00 e. The van der Waals surface area contributed by atoms with Crippen LogP contribution in [0.5, 0.6) is 0 Å². The van der Waals surface area contributed by atoms with Gasteiger partial charge in [0.25, 0.3) is 0 Å². The van der Waals surface area contributed by atoms with Crippen LogP contribution >= 0.6 is 0 Å². The number of hydrogen-bond donors (Lipinski definition) is 0. The van der Waals surface area contributed by atoms with Crippen LogP contribution in [0.1, 0.15) is 0 Å². The Kier molecular flexibility index (Phi) is 5.02. The number of nitrogens with zero attached hydrogens (tertiary/aromatic N) is 2. The second-order valence-electron chi connectivity index (χ2n) is 2.55. The molecule has 8 heteroatoms. The van der Waals surface area contributed by atoms with Crippen LogP contribution in [0.3, 0.4) is 0 Å². The number of imidazole rings is 1. The number of aryl methyl sites for hydroxylation is 1. The van der Waals surface area contributed by atoms with Crippen molar-refractivity contribution in [3.05, 3.63) is 22.9 Å². The number of rotatable bonds is 2. The van der Waals surface area contributed by atoms with E-state index in [0.717, 1.165) is 10.8 Å². The summed E-state index contributed by atoms with van der Waals surface area (Å²) in [5.41, 5.74) is -0.644. The molecular formula is C5H7BF3KN2O. The third kappa shape index (κ3) is 4.03. The van der Waals surface area contributed by atoms with Crippen LogP contribution < -0.4 is 57.1 Å². The molecular weight excluding hydrogens is 211 g/mol. The van der Waals surface area contributed by atoms with Crippen molar-refractivity contribution in [1.29, 1.82) is 0 Å². The van der Waals surface area contributed by atoms with Crippen molar-refractivity contribution in [3.63, 3.8) is 0 Å². The minimum absolute atomic E-state index is 0. The molecule has 0 bridgehead atoms. The predicted octanol–water partition coefficient (Wildman–Crippen LogP) is -2.42. The molecule has 0 saturated heterocycles. The van der Waals surface area contributed by atoms with Gasteiger partial charge in [0.05, 0.1) is 0 Å². The molecule has 0 aliphatic rings. The van der Waals surface area contributed by atoms with Gasteiger partial charge in [-0.2, -0.15) is 0 Å². The molecule has 3 nitrogen and oxygen atoms in total. The normalized spacial score (nSPS) is 11.1. The molecule has 0 fully saturated rings. The molecule has 13 heavy (non-hydrogen) atoms. The van der Waals surface area contributed by atoms with Gasteiger partial charge in [-0.05, 0) is 6.44 Å². The van der Waals surface area contributed by atoms with Gasteiger partial charge in [0, 0.05) is 19.4 Å². The summed E-state index contributed by atoms with van der Waals surface area (Å²) in [5, 5.41) is 0.